The van der Waals surface area contributed by atoms with Crippen LogP contribution in [0.5, 0.6) is 0 Å². The molecule has 44 heavy (non-hydrogen) atoms. The van der Waals surface area contributed by atoms with E-state index in [0.717, 1.165) is 61.3 Å². The number of halogens is 1. The predicted octanol–water partition coefficient (Wildman–Crippen LogP) is 5.09. The number of aromatic nitrogens is 1. The lowest BCUT2D eigenvalue weighted by atomic mass is 9.82. The zero-order valence-electron chi connectivity index (χ0n) is 25.5. The van der Waals surface area contributed by atoms with Gasteiger partial charge in [-0.15, -0.1) is 11.3 Å². The van der Waals surface area contributed by atoms with E-state index < -0.39 is 36.4 Å². The molecule has 0 aliphatic carbocycles. The van der Waals surface area contributed by atoms with Gasteiger partial charge in [-0.2, -0.15) is 0 Å². The molecule has 4 rings (SSSR count). The van der Waals surface area contributed by atoms with Crippen LogP contribution in [0.4, 0.5) is 4.39 Å². The maximum atomic E-state index is 13.6. The molecule has 0 saturated carbocycles. The van der Waals surface area contributed by atoms with Gasteiger partial charge in [-0.25, -0.2) is 9.18 Å². The third-order valence-electron chi connectivity index (χ3n) is 8.18. The van der Waals surface area contributed by atoms with Crippen molar-refractivity contribution < 1.29 is 43.9 Å². The number of aliphatic carboxylic acids is 3. The number of aryl methyl sites for hydroxylation is 2. The van der Waals surface area contributed by atoms with Crippen molar-refractivity contribution in [2.45, 2.75) is 70.9 Å². The van der Waals surface area contributed by atoms with Gasteiger partial charge in [0, 0.05) is 45.6 Å². The molecule has 0 radical (unpaired) electrons. The smallest absolute Gasteiger partial charge is 0.336 e. The molecule has 1 unspecified atom stereocenters. The summed E-state index contributed by atoms with van der Waals surface area (Å²) in [6.45, 7) is 12.3. The fourth-order valence-electron chi connectivity index (χ4n) is 5.43. The minimum Gasteiger partial charge on any atom is -0.481 e. The van der Waals surface area contributed by atoms with Gasteiger partial charge in [0.25, 0.3) is 0 Å². The first-order valence-electron chi connectivity index (χ1n) is 14.4. The van der Waals surface area contributed by atoms with Crippen molar-refractivity contribution in [3.05, 3.63) is 64.5 Å². The summed E-state index contributed by atoms with van der Waals surface area (Å²) in [6.07, 6.45) is 2.96. The molecule has 0 amide bonds. The first kappa shape index (κ1) is 35.0. The number of pyridine rings is 1. The van der Waals surface area contributed by atoms with Crippen molar-refractivity contribution in [1.29, 1.82) is 0 Å². The molecule has 0 spiro atoms. The summed E-state index contributed by atoms with van der Waals surface area (Å²) in [4.78, 5) is 38.9. The van der Waals surface area contributed by atoms with E-state index in [2.05, 4.69) is 48.9 Å². The van der Waals surface area contributed by atoms with Crippen molar-refractivity contribution in [3.63, 3.8) is 0 Å². The Balaban J connectivity index is 0.000000345. The highest BCUT2D eigenvalue weighted by atomic mass is 32.1. The van der Waals surface area contributed by atoms with Gasteiger partial charge in [0.15, 0.2) is 5.60 Å². The Bertz CT molecular complexity index is 1440. The SMILES string of the molecule is CCOCC1(CCc2cc3cc(F)ccc3s2)CCN(C(C)(C)c2ccc(C)nc2)C1.O=C(O)CC(O)(CC(=O)O)C(=O)O. The average Bonchev–Trinajstić information content (AvgIpc) is 3.55. The third kappa shape index (κ3) is 9.04. The van der Waals surface area contributed by atoms with Gasteiger partial charge in [0.05, 0.1) is 19.4 Å². The number of benzene rings is 1. The van der Waals surface area contributed by atoms with E-state index in [1.807, 2.05) is 19.2 Å². The van der Waals surface area contributed by atoms with Crippen molar-refractivity contribution >= 4 is 39.3 Å². The predicted molar refractivity (Wildman–Crippen MR) is 164 cm³/mol. The van der Waals surface area contributed by atoms with Gasteiger partial charge in [-0.1, -0.05) is 6.07 Å². The second kappa shape index (κ2) is 14.6. The number of fused-ring (bicyclic) bond motifs is 1. The highest BCUT2D eigenvalue weighted by Crippen LogP contribution is 2.42. The van der Waals surface area contributed by atoms with E-state index >= 15 is 0 Å². The summed E-state index contributed by atoms with van der Waals surface area (Å²) in [5.41, 5.74) is -0.347. The van der Waals surface area contributed by atoms with Crippen molar-refractivity contribution in [1.82, 2.24) is 9.88 Å². The largest absolute Gasteiger partial charge is 0.481 e. The number of likely N-dealkylation sites (tertiary alicyclic amines) is 1. The minimum absolute atomic E-state index is 0.0657. The molecule has 1 fully saturated rings. The zero-order chi connectivity index (χ0) is 32.7. The van der Waals surface area contributed by atoms with E-state index in [1.165, 1.54) is 10.4 Å². The zero-order valence-corrected chi connectivity index (χ0v) is 26.3. The number of aliphatic hydroxyl groups is 1. The Morgan fingerprint density at radius 1 is 1.09 bits per heavy atom. The molecule has 3 heterocycles. The number of hydrogen-bond acceptors (Lipinski definition) is 8. The molecule has 10 nitrogen and oxygen atoms in total. The highest BCUT2D eigenvalue weighted by molar-refractivity contribution is 7.19. The molecule has 3 aromatic rings. The number of thiophene rings is 1. The maximum Gasteiger partial charge on any atom is 0.336 e. The summed E-state index contributed by atoms with van der Waals surface area (Å²) in [7, 11) is 0. The van der Waals surface area contributed by atoms with Crippen LogP contribution in [-0.2, 0) is 31.1 Å². The summed E-state index contributed by atoms with van der Waals surface area (Å²) >= 11 is 1.79. The van der Waals surface area contributed by atoms with E-state index in [-0.39, 0.29) is 16.8 Å². The number of carboxylic acids is 3. The second-order valence-corrected chi connectivity index (χ2v) is 13.1. The molecular weight excluding hydrogens is 591 g/mol. The lowest BCUT2D eigenvalue weighted by Gasteiger charge is -2.38. The molecule has 1 aliphatic heterocycles. The van der Waals surface area contributed by atoms with E-state index in [0.29, 0.717) is 0 Å². The molecule has 1 saturated heterocycles. The van der Waals surface area contributed by atoms with E-state index in [1.54, 1.807) is 23.5 Å². The topological polar surface area (TPSA) is 157 Å². The third-order valence-corrected chi connectivity index (χ3v) is 9.35. The number of carbonyl (C=O) groups is 3. The first-order valence-corrected chi connectivity index (χ1v) is 15.2. The van der Waals surface area contributed by atoms with Gasteiger partial charge >= 0.3 is 17.9 Å². The standard InChI is InChI=1S/C26H33FN2OS.C6H8O7/c1-5-30-18-26(11-10-23-15-20-14-22(27)8-9-24(20)31-23)12-13-29(17-26)25(3,4)21-7-6-19(2)28-16-21;7-3(8)1-6(13,5(11)12)2-4(9)10/h6-9,14-16H,5,10-13,17-18H2,1-4H3;13H,1-2H2,(H,7,8)(H,9,10)(H,11,12). The van der Waals surface area contributed by atoms with Crippen LogP contribution in [0.25, 0.3) is 10.1 Å². The molecule has 1 atom stereocenters. The number of carboxylic acid groups (broad SMARTS) is 3. The van der Waals surface area contributed by atoms with Crippen molar-refractivity contribution in [3.8, 4) is 0 Å². The fraction of sp³-hybridized carbons (Fsp3) is 0.500. The number of nitrogens with zero attached hydrogens (tertiary/aromatic N) is 2. The molecular formula is C32H41FN2O8S. The Kier molecular flexibility index (Phi) is 11.6. The second-order valence-electron chi connectivity index (χ2n) is 11.9. The Hall–Kier alpha value is -3.45. The molecule has 1 aromatic carbocycles. The van der Waals surface area contributed by atoms with Gasteiger partial charge in [0.1, 0.15) is 5.82 Å². The molecule has 12 heteroatoms. The monoisotopic (exact) mass is 632 g/mol. The summed E-state index contributed by atoms with van der Waals surface area (Å²) in [6, 6.07) is 11.6. The number of rotatable bonds is 13. The molecule has 0 bridgehead atoms. The van der Waals surface area contributed by atoms with Crippen LogP contribution in [0, 0.1) is 18.2 Å². The Morgan fingerprint density at radius 3 is 2.34 bits per heavy atom. The lowest BCUT2D eigenvalue weighted by Crippen LogP contribution is -2.42. The quantitative estimate of drug-likeness (QED) is 0.200. The van der Waals surface area contributed by atoms with Crippen LogP contribution >= 0.6 is 11.3 Å². The average molecular weight is 633 g/mol. The van der Waals surface area contributed by atoms with Gasteiger partial charge in [-0.3, -0.25) is 19.5 Å². The van der Waals surface area contributed by atoms with Crippen LogP contribution in [0.15, 0.2) is 42.6 Å². The Labute approximate surface area is 260 Å². The number of hydrogen-bond donors (Lipinski definition) is 4. The van der Waals surface area contributed by atoms with Crippen LogP contribution in [0.3, 0.4) is 0 Å². The summed E-state index contributed by atoms with van der Waals surface area (Å²) in [5, 5.41) is 34.8. The van der Waals surface area contributed by atoms with Crippen LogP contribution < -0.4 is 0 Å². The molecule has 1 aliphatic rings. The van der Waals surface area contributed by atoms with E-state index in [9.17, 15) is 18.8 Å². The molecule has 240 valence electrons. The number of ether oxygens (including phenoxy) is 1. The summed E-state index contributed by atoms with van der Waals surface area (Å²) < 4.78 is 20.7. The van der Waals surface area contributed by atoms with Gasteiger partial charge in [-0.05, 0) is 94.8 Å². The highest BCUT2D eigenvalue weighted by Gasteiger charge is 2.44. The lowest BCUT2D eigenvalue weighted by molar-refractivity contribution is -0.170. The Morgan fingerprint density at radius 2 is 1.77 bits per heavy atom. The fourth-order valence-corrected chi connectivity index (χ4v) is 6.48. The minimum atomic E-state index is -2.74. The van der Waals surface area contributed by atoms with Crippen LogP contribution in [0.1, 0.15) is 62.6 Å². The van der Waals surface area contributed by atoms with Gasteiger partial charge in [0.2, 0.25) is 0 Å². The molecule has 4 N–H and O–H groups in total. The maximum absolute atomic E-state index is 13.6. The first-order chi connectivity index (χ1) is 20.6. The van der Waals surface area contributed by atoms with Crippen LogP contribution in [0.2, 0.25) is 0 Å². The van der Waals surface area contributed by atoms with E-state index in [4.69, 9.17) is 25.2 Å². The molecule has 2 aromatic heterocycles. The van der Waals surface area contributed by atoms with Crippen molar-refractivity contribution in [2.24, 2.45) is 5.41 Å². The van der Waals surface area contributed by atoms with Crippen LogP contribution in [-0.4, -0.2) is 80.1 Å². The van der Waals surface area contributed by atoms with Crippen molar-refractivity contribution in [2.75, 3.05) is 26.3 Å². The van der Waals surface area contributed by atoms with Gasteiger partial charge < -0.3 is 25.2 Å². The normalized spacial score (nSPS) is 17.3. The summed E-state index contributed by atoms with van der Waals surface area (Å²) in [5.74, 6) is -5.18.